The minimum absolute atomic E-state index is 0.148. The van der Waals surface area contributed by atoms with Gasteiger partial charge in [-0.15, -0.1) is 0 Å². The number of aryl methyl sites for hydroxylation is 1. The highest BCUT2D eigenvalue weighted by Gasteiger charge is 2.14. The minimum atomic E-state index is -0.520. The van der Waals surface area contributed by atoms with Gasteiger partial charge in [-0.1, -0.05) is 0 Å². The Hall–Kier alpha value is -1.78. The van der Waals surface area contributed by atoms with Crippen LogP contribution in [0.15, 0.2) is 6.07 Å². The number of anilines is 1. The van der Waals surface area contributed by atoms with E-state index >= 15 is 0 Å². The first kappa shape index (κ1) is 10.3. The van der Waals surface area contributed by atoms with E-state index in [-0.39, 0.29) is 11.4 Å². The van der Waals surface area contributed by atoms with Crippen LogP contribution in [0, 0.1) is 6.92 Å². The molecule has 1 heterocycles. The summed E-state index contributed by atoms with van der Waals surface area (Å²) in [6.45, 7) is 1.75. The predicted octanol–water partition coefficient (Wildman–Crippen LogP) is 0.767. The van der Waals surface area contributed by atoms with Crippen molar-refractivity contribution in [3.8, 4) is 5.75 Å². The van der Waals surface area contributed by atoms with Crippen molar-refractivity contribution < 1.29 is 14.3 Å². The van der Waals surface area contributed by atoms with Crippen molar-refractivity contribution in [2.24, 2.45) is 0 Å². The quantitative estimate of drug-likeness (QED) is 0.707. The first-order valence-corrected chi connectivity index (χ1v) is 3.99. The number of ether oxygens (including phenoxy) is 2. The van der Waals surface area contributed by atoms with E-state index in [1.54, 1.807) is 6.92 Å². The van der Waals surface area contributed by atoms with Gasteiger partial charge in [0.05, 0.1) is 19.9 Å². The van der Waals surface area contributed by atoms with Crippen LogP contribution >= 0.6 is 0 Å². The summed E-state index contributed by atoms with van der Waals surface area (Å²) in [6.07, 6.45) is 0. The molecule has 2 N–H and O–H groups in total. The largest absolute Gasteiger partial charge is 0.495 e. The molecule has 0 saturated carbocycles. The van der Waals surface area contributed by atoms with Crippen LogP contribution in [-0.2, 0) is 4.74 Å². The van der Waals surface area contributed by atoms with E-state index in [4.69, 9.17) is 10.5 Å². The summed E-state index contributed by atoms with van der Waals surface area (Å²) in [6, 6.07) is 1.52. The number of carbonyl (C=O) groups excluding carboxylic acids is 1. The average Bonchev–Trinajstić information content (AvgIpc) is 2.17. The van der Waals surface area contributed by atoms with Crippen molar-refractivity contribution in [1.29, 1.82) is 0 Å². The van der Waals surface area contributed by atoms with Crippen molar-refractivity contribution >= 4 is 11.8 Å². The molecule has 5 nitrogen and oxygen atoms in total. The van der Waals surface area contributed by atoms with Crippen LogP contribution in [0.2, 0.25) is 0 Å². The minimum Gasteiger partial charge on any atom is -0.495 e. The zero-order valence-corrected chi connectivity index (χ0v) is 8.33. The molecule has 0 spiro atoms. The molecule has 1 aromatic heterocycles. The van der Waals surface area contributed by atoms with E-state index in [1.807, 2.05) is 0 Å². The normalized spacial score (nSPS) is 9.64. The zero-order chi connectivity index (χ0) is 10.7. The maximum absolute atomic E-state index is 11.2. The molecule has 0 atom stereocenters. The summed E-state index contributed by atoms with van der Waals surface area (Å²) in [4.78, 5) is 15.2. The Labute approximate surface area is 81.8 Å². The monoisotopic (exact) mass is 196 g/mol. The first-order chi connectivity index (χ1) is 6.60. The highest BCUT2D eigenvalue weighted by atomic mass is 16.5. The van der Waals surface area contributed by atoms with Crippen LogP contribution in [0.3, 0.4) is 0 Å². The molecule has 1 aromatic rings. The third kappa shape index (κ3) is 1.76. The van der Waals surface area contributed by atoms with Crippen LogP contribution in [0.5, 0.6) is 5.75 Å². The highest BCUT2D eigenvalue weighted by Crippen LogP contribution is 2.21. The molecule has 0 amide bonds. The molecule has 0 saturated heterocycles. The third-order valence-electron chi connectivity index (χ3n) is 1.82. The topological polar surface area (TPSA) is 74.4 Å². The molecule has 0 aromatic carbocycles. The lowest BCUT2D eigenvalue weighted by Crippen LogP contribution is -2.08. The highest BCUT2D eigenvalue weighted by molar-refractivity contribution is 5.94. The van der Waals surface area contributed by atoms with Crippen LogP contribution < -0.4 is 10.5 Å². The zero-order valence-electron chi connectivity index (χ0n) is 8.33. The lowest BCUT2D eigenvalue weighted by Gasteiger charge is -2.08. The summed E-state index contributed by atoms with van der Waals surface area (Å²) in [5, 5.41) is 0. The number of nitrogens with two attached hydrogens (primary N) is 1. The Morgan fingerprint density at radius 1 is 1.50 bits per heavy atom. The summed E-state index contributed by atoms with van der Waals surface area (Å²) in [7, 11) is 2.79. The maximum Gasteiger partial charge on any atom is 0.341 e. The fourth-order valence-corrected chi connectivity index (χ4v) is 1.09. The predicted molar refractivity (Wildman–Crippen MR) is 51.3 cm³/mol. The van der Waals surface area contributed by atoms with Gasteiger partial charge in [-0.25, -0.2) is 9.78 Å². The van der Waals surface area contributed by atoms with Gasteiger partial charge in [-0.2, -0.15) is 0 Å². The summed E-state index contributed by atoms with van der Waals surface area (Å²) < 4.78 is 9.55. The molecule has 0 unspecified atom stereocenters. The van der Waals surface area contributed by atoms with E-state index in [0.29, 0.717) is 11.4 Å². The molecule has 0 aliphatic rings. The lowest BCUT2D eigenvalue weighted by atomic mass is 10.2. The Balaban J connectivity index is 3.24. The molecule has 0 fully saturated rings. The van der Waals surface area contributed by atoms with Crippen LogP contribution in [0.25, 0.3) is 0 Å². The second kappa shape index (κ2) is 3.95. The van der Waals surface area contributed by atoms with Crippen LogP contribution in [-0.4, -0.2) is 25.2 Å². The molecular weight excluding hydrogens is 184 g/mol. The SMILES string of the molecule is COC(=O)c1cc(OC)c(C)nc1N. The van der Waals surface area contributed by atoms with Crippen molar-refractivity contribution in [2.45, 2.75) is 6.92 Å². The van der Waals surface area contributed by atoms with E-state index < -0.39 is 5.97 Å². The molecule has 5 heteroatoms. The molecular formula is C9H12N2O3. The molecule has 0 aliphatic heterocycles. The fraction of sp³-hybridized carbons (Fsp3) is 0.333. The Kier molecular flexibility index (Phi) is 2.91. The van der Waals surface area contributed by atoms with Gasteiger partial charge >= 0.3 is 5.97 Å². The second-order valence-corrected chi connectivity index (χ2v) is 2.70. The average molecular weight is 196 g/mol. The van der Waals surface area contributed by atoms with Crippen LogP contribution in [0.1, 0.15) is 16.1 Å². The van der Waals surface area contributed by atoms with Crippen molar-refractivity contribution in [2.75, 3.05) is 20.0 Å². The van der Waals surface area contributed by atoms with Crippen molar-refractivity contribution in [1.82, 2.24) is 4.98 Å². The van der Waals surface area contributed by atoms with Crippen molar-refractivity contribution in [3.05, 3.63) is 17.3 Å². The molecule has 0 bridgehead atoms. The number of methoxy groups -OCH3 is 2. The number of nitrogen functional groups attached to an aromatic ring is 1. The Bertz CT molecular complexity index is 363. The molecule has 0 aliphatic carbocycles. The third-order valence-corrected chi connectivity index (χ3v) is 1.82. The van der Waals surface area contributed by atoms with Gasteiger partial charge in [0.15, 0.2) is 0 Å². The molecule has 1 rings (SSSR count). The first-order valence-electron chi connectivity index (χ1n) is 3.99. The van der Waals surface area contributed by atoms with Gasteiger partial charge in [0.2, 0.25) is 0 Å². The van der Waals surface area contributed by atoms with Gasteiger partial charge in [-0.05, 0) is 6.92 Å². The van der Waals surface area contributed by atoms with Crippen molar-refractivity contribution in [3.63, 3.8) is 0 Å². The molecule has 14 heavy (non-hydrogen) atoms. The second-order valence-electron chi connectivity index (χ2n) is 2.70. The lowest BCUT2D eigenvalue weighted by molar-refractivity contribution is 0.0601. The number of esters is 1. The number of pyridine rings is 1. The van der Waals surface area contributed by atoms with Gasteiger partial charge in [0, 0.05) is 6.07 Å². The van der Waals surface area contributed by atoms with E-state index in [1.165, 1.54) is 20.3 Å². The smallest absolute Gasteiger partial charge is 0.341 e. The number of hydrogen-bond acceptors (Lipinski definition) is 5. The fourth-order valence-electron chi connectivity index (χ4n) is 1.09. The van der Waals surface area contributed by atoms with E-state index in [0.717, 1.165) is 0 Å². The van der Waals surface area contributed by atoms with Gasteiger partial charge in [0.25, 0.3) is 0 Å². The number of carbonyl (C=O) groups is 1. The number of nitrogens with zero attached hydrogens (tertiary/aromatic N) is 1. The van der Waals surface area contributed by atoms with E-state index in [2.05, 4.69) is 9.72 Å². The maximum atomic E-state index is 11.2. The number of rotatable bonds is 2. The van der Waals surface area contributed by atoms with Crippen LogP contribution in [0.4, 0.5) is 5.82 Å². The van der Waals surface area contributed by atoms with Gasteiger partial charge < -0.3 is 15.2 Å². The molecule has 0 radical (unpaired) electrons. The summed E-state index contributed by atoms with van der Waals surface area (Å²) in [5.74, 6) is 0.142. The van der Waals surface area contributed by atoms with Gasteiger partial charge in [0.1, 0.15) is 17.1 Å². The standard InChI is InChI=1S/C9H12N2O3/c1-5-7(13-2)4-6(8(10)11-5)9(12)14-3/h4H,1-3H3,(H2,10,11). The van der Waals surface area contributed by atoms with E-state index in [9.17, 15) is 4.79 Å². The van der Waals surface area contributed by atoms with Gasteiger partial charge in [-0.3, -0.25) is 0 Å². The Morgan fingerprint density at radius 2 is 2.14 bits per heavy atom. The summed E-state index contributed by atoms with van der Waals surface area (Å²) in [5.41, 5.74) is 6.41. The number of hydrogen-bond donors (Lipinski definition) is 1. The summed E-state index contributed by atoms with van der Waals surface area (Å²) >= 11 is 0. The Morgan fingerprint density at radius 3 is 2.64 bits per heavy atom. The number of aromatic nitrogens is 1. The molecule has 76 valence electrons.